The number of aromatic amines is 1. The standard InChI is InChI=1S/C13H18N4O2/c1-4-8(2)11-7-12(16-15-11)14-13(18)6-10-5-9(3)17-19-10/h5,7-8H,4,6H2,1-3H3,(H2,14,15,16,18). The molecule has 1 atom stereocenters. The highest BCUT2D eigenvalue weighted by Gasteiger charge is 2.12. The first-order valence-corrected chi connectivity index (χ1v) is 6.35. The van der Waals surface area contributed by atoms with Crippen molar-refractivity contribution in [1.29, 1.82) is 0 Å². The molecule has 0 fully saturated rings. The van der Waals surface area contributed by atoms with Gasteiger partial charge in [-0.1, -0.05) is 19.0 Å². The maximum atomic E-state index is 11.8. The van der Waals surface area contributed by atoms with Gasteiger partial charge in [0.2, 0.25) is 5.91 Å². The van der Waals surface area contributed by atoms with Crippen LogP contribution in [0, 0.1) is 6.92 Å². The van der Waals surface area contributed by atoms with E-state index in [-0.39, 0.29) is 12.3 Å². The van der Waals surface area contributed by atoms with Crippen molar-refractivity contribution in [1.82, 2.24) is 15.4 Å². The maximum absolute atomic E-state index is 11.8. The molecule has 1 amide bonds. The topological polar surface area (TPSA) is 83.8 Å². The molecular weight excluding hydrogens is 244 g/mol. The fourth-order valence-corrected chi connectivity index (χ4v) is 1.72. The van der Waals surface area contributed by atoms with E-state index in [0.29, 0.717) is 17.5 Å². The van der Waals surface area contributed by atoms with Gasteiger partial charge >= 0.3 is 0 Å². The number of hydrogen-bond donors (Lipinski definition) is 2. The molecule has 6 nitrogen and oxygen atoms in total. The minimum atomic E-state index is -0.168. The average Bonchev–Trinajstić information content (AvgIpc) is 2.98. The molecule has 19 heavy (non-hydrogen) atoms. The van der Waals surface area contributed by atoms with Crippen LogP contribution in [0.3, 0.4) is 0 Å². The molecule has 0 saturated heterocycles. The molecule has 0 spiro atoms. The van der Waals surface area contributed by atoms with Crippen molar-refractivity contribution in [2.45, 2.75) is 39.5 Å². The van der Waals surface area contributed by atoms with E-state index >= 15 is 0 Å². The van der Waals surface area contributed by atoms with Crippen LogP contribution in [-0.2, 0) is 11.2 Å². The van der Waals surface area contributed by atoms with E-state index in [1.54, 1.807) is 6.07 Å². The number of nitrogens with one attached hydrogen (secondary N) is 2. The van der Waals surface area contributed by atoms with Gasteiger partial charge in [0.25, 0.3) is 0 Å². The second kappa shape index (κ2) is 5.69. The molecule has 0 aliphatic carbocycles. The zero-order valence-electron chi connectivity index (χ0n) is 11.4. The summed E-state index contributed by atoms with van der Waals surface area (Å²) >= 11 is 0. The number of rotatable bonds is 5. The summed E-state index contributed by atoms with van der Waals surface area (Å²) in [5, 5.41) is 13.5. The minimum absolute atomic E-state index is 0.159. The monoisotopic (exact) mass is 262 g/mol. The Morgan fingerprint density at radius 3 is 2.95 bits per heavy atom. The molecule has 2 N–H and O–H groups in total. The van der Waals surface area contributed by atoms with E-state index in [1.807, 2.05) is 13.0 Å². The largest absolute Gasteiger partial charge is 0.361 e. The Balaban J connectivity index is 1.93. The number of carbonyl (C=O) groups excluding carboxylic acids is 1. The lowest BCUT2D eigenvalue weighted by molar-refractivity contribution is -0.115. The molecule has 0 bridgehead atoms. The third-order valence-electron chi connectivity index (χ3n) is 3.02. The number of H-pyrrole nitrogens is 1. The molecule has 102 valence electrons. The van der Waals surface area contributed by atoms with Crippen molar-refractivity contribution in [3.63, 3.8) is 0 Å². The molecule has 2 aromatic heterocycles. The van der Waals surface area contributed by atoms with Gasteiger partial charge < -0.3 is 9.84 Å². The van der Waals surface area contributed by atoms with Crippen molar-refractivity contribution < 1.29 is 9.32 Å². The summed E-state index contributed by atoms with van der Waals surface area (Å²) in [6.07, 6.45) is 1.18. The van der Waals surface area contributed by atoms with Crippen LogP contribution in [0.25, 0.3) is 0 Å². The predicted octanol–water partition coefficient (Wildman–Crippen LogP) is 2.40. The van der Waals surface area contributed by atoms with Crippen LogP contribution >= 0.6 is 0 Å². The highest BCUT2D eigenvalue weighted by molar-refractivity contribution is 5.91. The molecule has 6 heteroatoms. The van der Waals surface area contributed by atoms with Crippen LogP contribution < -0.4 is 5.32 Å². The molecule has 0 radical (unpaired) electrons. The first-order chi connectivity index (χ1) is 9.08. The van der Waals surface area contributed by atoms with Crippen LogP contribution in [-0.4, -0.2) is 21.3 Å². The Hall–Kier alpha value is -2.11. The summed E-state index contributed by atoms with van der Waals surface area (Å²) in [4.78, 5) is 11.8. The van der Waals surface area contributed by atoms with Crippen molar-refractivity contribution in [2.75, 3.05) is 5.32 Å². The third kappa shape index (κ3) is 3.43. The Morgan fingerprint density at radius 1 is 1.53 bits per heavy atom. The van der Waals surface area contributed by atoms with E-state index in [1.165, 1.54) is 0 Å². The highest BCUT2D eigenvalue weighted by Crippen LogP contribution is 2.18. The normalized spacial score (nSPS) is 12.4. The van der Waals surface area contributed by atoms with Gasteiger partial charge in [0.1, 0.15) is 5.76 Å². The van der Waals surface area contributed by atoms with E-state index in [0.717, 1.165) is 17.8 Å². The first-order valence-electron chi connectivity index (χ1n) is 6.35. The molecule has 0 aliphatic rings. The molecular formula is C13H18N4O2. The molecule has 2 aromatic rings. The van der Waals surface area contributed by atoms with E-state index in [9.17, 15) is 4.79 Å². The van der Waals surface area contributed by atoms with E-state index < -0.39 is 0 Å². The van der Waals surface area contributed by atoms with Crippen LogP contribution in [0.4, 0.5) is 5.82 Å². The molecule has 2 rings (SSSR count). The summed E-state index contributed by atoms with van der Waals surface area (Å²) in [5.74, 6) is 1.32. The van der Waals surface area contributed by atoms with Gasteiger partial charge in [-0.3, -0.25) is 9.89 Å². The van der Waals surface area contributed by atoms with Crippen molar-refractivity contribution in [3.8, 4) is 0 Å². The zero-order valence-corrected chi connectivity index (χ0v) is 11.4. The van der Waals surface area contributed by atoms with Crippen molar-refractivity contribution in [2.24, 2.45) is 0 Å². The molecule has 0 saturated carbocycles. The quantitative estimate of drug-likeness (QED) is 0.866. The highest BCUT2D eigenvalue weighted by atomic mass is 16.5. The second-order valence-electron chi connectivity index (χ2n) is 4.68. The number of anilines is 1. The SMILES string of the molecule is CCC(C)c1cc(NC(=O)Cc2cc(C)no2)n[nH]1. The predicted molar refractivity (Wildman–Crippen MR) is 70.9 cm³/mol. The summed E-state index contributed by atoms with van der Waals surface area (Å²) in [7, 11) is 0. The van der Waals surface area contributed by atoms with Gasteiger partial charge in [-0.2, -0.15) is 5.10 Å². The summed E-state index contributed by atoms with van der Waals surface area (Å²) in [6.45, 7) is 6.03. The van der Waals surface area contributed by atoms with Crippen LogP contribution in [0.5, 0.6) is 0 Å². The molecule has 0 aliphatic heterocycles. The average molecular weight is 262 g/mol. The lowest BCUT2D eigenvalue weighted by atomic mass is 10.1. The first kappa shape index (κ1) is 13.3. The number of aromatic nitrogens is 3. The second-order valence-corrected chi connectivity index (χ2v) is 4.68. The van der Waals surface area contributed by atoms with E-state index in [2.05, 4.69) is 34.5 Å². The number of carbonyl (C=O) groups is 1. The smallest absolute Gasteiger partial charge is 0.233 e. The molecule has 2 heterocycles. The summed E-state index contributed by atoms with van der Waals surface area (Å²) < 4.78 is 4.99. The lowest BCUT2D eigenvalue weighted by Gasteiger charge is -2.02. The van der Waals surface area contributed by atoms with Crippen LogP contribution in [0.15, 0.2) is 16.7 Å². The van der Waals surface area contributed by atoms with Crippen LogP contribution in [0.1, 0.15) is 43.3 Å². The van der Waals surface area contributed by atoms with Gasteiger partial charge in [0.15, 0.2) is 5.82 Å². The number of amides is 1. The van der Waals surface area contributed by atoms with Crippen LogP contribution in [0.2, 0.25) is 0 Å². The van der Waals surface area contributed by atoms with E-state index in [4.69, 9.17) is 4.52 Å². The van der Waals surface area contributed by atoms with Gasteiger partial charge in [-0.15, -0.1) is 0 Å². The third-order valence-corrected chi connectivity index (χ3v) is 3.02. The number of hydrogen-bond acceptors (Lipinski definition) is 4. The number of nitrogens with zero attached hydrogens (tertiary/aromatic N) is 2. The Bertz CT molecular complexity index is 558. The maximum Gasteiger partial charge on any atom is 0.233 e. The molecule has 0 aromatic carbocycles. The van der Waals surface area contributed by atoms with Gasteiger partial charge in [-0.05, 0) is 19.3 Å². The summed E-state index contributed by atoms with van der Waals surface area (Å²) in [6, 6.07) is 3.60. The van der Waals surface area contributed by atoms with Gasteiger partial charge in [-0.25, -0.2) is 0 Å². The Morgan fingerprint density at radius 2 is 2.32 bits per heavy atom. The Kier molecular flexibility index (Phi) is 3.99. The fraction of sp³-hybridized carbons (Fsp3) is 0.462. The fourth-order valence-electron chi connectivity index (χ4n) is 1.72. The number of aryl methyl sites for hydroxylation is 1. The van der Waals surface area contributed by atoms with Crippen molar-refractivity contribution >= 4 is 11.7 Å². The lowest BCUT2D eigenvalue weighted by Crippen LogP contribution is -2.14. The zero-order chi connectivity index (χ0) is 13.8. The Labute approximate surface area is 111 Å². The van der Waals surface area contributed by atoms with Crippen molar-refractivity contribution in [3.05, 3.63) is 29.3 Å². The van der Waals surface area contributed by atoms with Gasteiger partial charge in [0.05, 0.1) is 12.1 Å². The van der Waals surface area contributed by atoms with Gasteiger partial charge in [0, 0.05) is 17.8 Å². The summed E-state index contributed by atoms with van der Waals surface area (Å²) in [5.41, 5.74) is 1.79. The molecule has 1 unspecified atom stereocenters. The minimum Gasteiger partial charge on any atom is -0.361 e.